The van der Waals surface area contributed by atoms with Gasteiger partial charge in [-0.3, -0.25) is 9.97 Å². The number of rotatable bonds is 3. The maximum Gasteiger partial charge on any atom is 0.119 e. The Hall–Kier alpha value is -2.46. The third-order valence-corrected chi connectivity index (χ3v) is 3.58. The lowest BCUT2D eigenvalue weighted by Gasteiger charge is -2.15. The third kappa shape index (κ3) is 2.58. The van der Waals surface area contributed by atoms with Crippen molar-refractivity contribution in [1.82, 2.24) is 9.97 Å². The van der Waals surface area contributed by atoms with Crippen LogP contribution in [0.1, 0.15) is 22.8 Å². The minimum Gasteiger partial charge on any atom is -0.497 e. The number of hydrogen-bond donors (Lipinski definition) is 1. The Morgan fingerprint density at radius 1 is 1.00 bits per heavy atom. The molecule has 0 amide bonds. The molecule has 0 bridgehead atoms. The number of aromatic nitrogens is 2. The molecule has 1 aromatic heterocycles. The summed E-state index contributed by atoms with van der Waals surface area (Å²) in [5.74, 6) is 0.785. The van der Waals surface area contributed by atoms with Gasteiger partial charge in [0.15, 0.2) is 0 Å². The average Bonchev–Trinajstić information content (AvgIpc) is 2.53. The second-order valence-electron chi connectivity index (χ2n) is 4.93. The molecule has 0 aliphatic rings. The highest BCUT2D eigenvalue weighted by Gasteiger charge is 2.14. The third-order valence-electron chi connectivity index (χ3n) is 3.58. The van der Waals surface area contributed by atoms with Crippen molar-refractivity contribution in [2.75, 3.05) is 7.11 Å². The Balaban J connectivity index is 2.01. The molecule has 3 rings (SSSR count). The van der Waals surface area contributed by atoms with Crippen LogP contribution in [-0.2, 0) is 0 Å². The zero-order valence-electron chi connectivity index (χ0n) is 11.9. The molecule has 0 saturated heterocycles. The summed E-state index contributed by atoms with van der Waals surface area (Å²) in [5, 5.41) is 10.6. The van der Waals surface area contributed by atoms with E-state index >= 15 is 0 Å². The summed E-state index contributed by atoms with van der Waals surface area (Å²) < 4.78 is 5.19. The molecule has 0 aliphatic carbocycles. The van der Waals surface area contributed by atoms with Crippen LogP contribution >= 0.6 is 0 Å². The molecule has 0 aliphatic heterocycles. The fraction of sp³-hybridized carbons (Fsp3) is 0.176. The van der Waals surface area contributed by atoms with Crippen molar-refractivity contribution in [3.8, 4) is 5.75 Å². The molecule has 1 atom stereocenters. The zero-order valence-corrected chi connectivity index (χ0v) is 11.9. The maximum atomic E-state index is 10.6. The van der Waals surface area contributed by atoms with E-state index in [2.05, 4.69) is 9.97 Å². The van der Waals surface area contributed by atoms with E-state index in [9.17, 15) is 5.11 Å². The van der Waals surface area contributed by atoms with Crippen molar-refractivity contribution >= 4 is 11.0 Å². The summed E-state index contributed by atoms with van der Waals surface area (Å²) in [5.41, 5.74) is 4.25. The number of benzene rings is 2. The van der Waals surface area contributed by atoms with E-state index in [-0.39, 0.29) is 0 Å². The van der Waals surface area contributed by atoms with Crippen molar-refractivity contribution < 1.29 is 9.84 Å². The molecule has 4 nitrogen and oxygen atoms in total. The second kappa shape index (κ2) is 5.50. The van der Waals surface area contributed by atoms with Crippen LogP contribution in [0.15, 0.2) is 48.8 Å². The highest BCUT2D eigenvalue weighted by Crippen LogP contribution is 2.28. The number of hydrogen-bond acceptors (Lipinski definition) is 4. The quantitative estimate of drug-likeness (QED) is 0.801. The van der Waals surface area contributed by atoms with Crippen molar-refractivity contribution in [2.45, 2.75) is 13.0 Å². The van der Waals surface area contributed by atoms with Gasteiger partial charge in [0.05, 0.1) is 18.1 Å². The van der Waals surface area contributed by atoms with E-state index in [1.807, 2.05) is 43.3 Å². The molecule has 0 fully saturated rings. The van der Waals surface area contributed by atoms with Crippen LogP contribution in [0.3, 0.4) is 0 Å². The number of aryl methyl sites for hydroxylation is 1. The molecule has 21 heavy (non-hydrogen) atoms. The Morgan fingerprint density at radius 3 is 2.48 bits per heavy atom. The number of aliphatic hydroxyl groups is 1. The predicted octanol–water partition coefficient (Wildman–Crippen LogP) is 3.03. The zero-order chi connectivity index (χ0) is 14.8. The van der Waals surface area contributed by atoms with Crippen molar-refractivity contribution in [1.29, 1.82) is 0 Å². The number of methoxy groups -OCH3 is 1. The van der Waals surface area contributed by atoms with Crippen LogP contribution < -0.4 is 4.74 Å². The van der Waals surface area contributed by atoms with Crippen LogP contribution in [0.25, 0.3) is 11.0 Å². The lowest BCUT2D eigenvalue weighted by atomic mass is 9.97. The van der Waals surface area contributed by atoms with Gasteiger partial charge in [0.1, 0.15) is 11.9 Å². The van der Waals surface area contributed by atoms with Gasteiger partial charge in [-0.05, 0) is 47.9 Å². The Kier molecular flexibility index (Phi) is 3.54. The van der Waals surface area contributed by atoms with Gasteiger partial charge < -0.3 is 9.84 Å². The molecule has 4 heteroatoms. The predicted molar refractivity (Wildman–Crippen MR) is 81.3 cm³/mol. The number of fused-ring (bicyclic) bond motifs is 1. The molecule has 106 valence electrons. The summed E-state index contributed by atoms with van der Waals surface area (Å²) in [7, 11) is 1.63. The smallest absolute Gasteiger partial charge is 0.119 e. The first-order valence-electron chi connectivity index (χ1n) is 6.72. The van der Waals surface area contributed by atoms with E-state index in [1.165, 1.54) is 0 Å². The normalized spacial score (nSPS) is 12.3. The fourth-order valence-corrected chi connectivity index (χ4v) is 2.41. The summed E-state index contributed by atoms with van der Waals surface area (Å²) in [6.45, 7) is 1.96. The summed E-state index contributed by atoms with van der Waals surface area (Å²) in [6.07, 6.45) is 2.62. The van der Waals surface area contributed by atoms with Crippen LogP contribution in [0, 0.1) is 6.92 Å². The number of ether oxygens (including phenoxy) is 1. The summed E-state index contributed by atoms with van der Waals surface area (Å²) >= 11 is 0. The van der Waals surface area contributed by atoms with E-state index in [0.29, 0.717) is 0 Å². The van der Waals surface area contributed by atoms with Gasteiger partial charge >= 0.3 is 0 Å². The highest BCUT2D eigenvalue weighted by molar-refractivity contribution is 5.74. The minimum atomic E-state index is -0.692. The average molecular weight is 280 g/mol. The fourth-order valence-electron chi connectivity index (χ4n) is 2.41. The SMILES string of the molecule is COc1ccc(C(O)c2ccc3nccnc3c2)c(C)c1. The largest absolute Gasteiger partial charge is 0.497 e. The second-order valence-corrected chi connectivity index (χ2v) is 4.93. The molecule has 0 saturated carbocycles. The Morgan fingerprint density at radius 2 is 1.76 bits per heavy atom. The van der Waals surface area contributed by atoms with E-state index < -0.39 is 6.10 Å². The van der Waals surface area contributed by atoms with Crippen LogP contribution in [0.2, 0.25) is 0 Å². The molecule has 1 heterocycles. The molecular formula is C17H16N2O2. The Labute approximate surface area is 123 Å². The molecular weight excluding hydrogens is 264 g/mol. The first kappa shape index (κ1) is 13.5. The minimum absolute atomic E-state index is 0.692. The maximum absolute atomic E-state index is 10.6. The summed E-state index contributed by atoms with van der Waals surface area (Å²) in [6, 6.07) is 11.3. The molecule has 0 radical (unpaired) electrons. The van der Waals surface area contributed by atoms with E-state index in [0.717, 1.165) is 33.5 Å². The standard InChI is InChI=1S/C17H16N2O2/c1-11-9-13(21-2)4-5-14(11)17(20)12-3-6-15-16(10-12)19-8-7-18-15/h3-10,17,20H,1-2H3. The van der Waals surface area contributed by atoms with Crippen LogP contribution in [-0.4, -0.2) is 22.2 Å². The van der Waals surface area contributed by atoms with Crippen LogP contribution in [0.4, 0.5) is 0 Å². The molecule has 2 aromatic carbocycles. The number of aliphatic hydroxyl groups excluding tert-OH is 1. The van der Waals surface area contributed by atoms with Gasteiger partial charge in [0.25, 0.3) is 0 Å². The molecule has 1 N–H and O–H groups in total. The van der Waals surface area contributed by atoms with Gasteiger partial charge in [-0.1, -0.05) is 12.1 Å². The highest BCUT2D eigenvalue weighted by atomic mass is 16.5. The molecule has 1 unspecified atom stereocenters. The summed E-state index contributed by atoms with van der Waals surface area (Å²) in [4.78, 5) is 8.51. The van der Waals surface area contributed by atoms with Gasteiger partial charge in [0, 0.05) is 12.4 Å². The van der Waals surface area contributed by atoms with Gasteiger partial charge in [-0.25, -0.2) is 0 Å². The van der Waals surface area contributed by atoms with E-state index in [1.54, 1.807) is 19.5 Å². The lowest BCUT2D eigenvalue weighted by Crippen LogP contribution is -2.02. The number of nitrogens with zero attached hydrogens (tertiary/aromatic N) is 2. The van der Waals surface area contributed by atoms with Gasteiger partial charge in [-0.2, -0.15) is 0 Å². The monoisotopic (exact) mass is 280 g/mol. The van der Waals surface area contributed by atoms with Gasteiger partial charge in [-0.15, -0.1) is 0 Å². The molecule has 0 spiro atoms. The first-order valence-corrected chi connectivity index (χ1v) is 6.72. The Bertz CT molecular complexity index is 787. The lowest BCUT2D eigenvalue weighted by molar-refractivity contribution is 0.219. The van der Waals surface area contributed by atoms with Crippen LogP contribution in [0.5, 0.6) is 5.75 Å². The van der Waals surface area contributed by atoms with Gasteiger partial charge in [0.2, 0.25) is 0 Å². The van der Waals surface area contributed by atoms with E-state index in [4.69, 9.17) is 4.74 Å². The van der Waals surface area contributed by atoms with Crippen molar-refractivity contribution in [3.05, 3.63) is 65.5 Å². The first-order chi connectivity index (χ1) is 10.2. The molecule has 3 aromatic rings. The van der Waals surface area contributed by atoms with Crippen molar-refractivity contribution in [3.63, 3.8) is 0 Å². The topological polar surface area (TPSA) is 55.2 Å². The van der Waals surface area contributed by atoms with Crippen molar-refractivity contribution in [2.24, 2.45) is 0 Å².